The summed E-state index contributed by atoms with van der Waals surface area (Å²) in [4.78, 5) is 36.4. The lowest BCUT2D eigenvalue weighted by Crippen LogP contribution is -2.52. The molecule has 0 bridgehead atoms. The van der Waals surface area contributed by atoms with Crippen molar-refractivity contribution >= 4 is 29.4 Å². The molecule has 2 amide bonds. The Kier molecular flexibility index (Phi) is 5.48. The van der Waals surface area contributed by atoms with Crippen LogP contribution >= 0.6 is 11.6 Å². The van der Waals surface area contributed by atoms with Crippen LogP contribution in [0.25, 0.3) is 0 Å². The summed E-state index contributed by atoms with van der Waals surface area (Å²) < 4.78 is 15.9. The second-order valence-corrected chi connectivity index (χ2v) is 6.14. The molecular formula is C16H17ClN2O7. The number of rotatable bonds is 3. The van der Waals surface area contributed by atoms with Gasteiger partial charge in [-0.1, -0.05) is 11.6 Å². The van der Waals surface area contributed by atoms with Crippen molar-refractivity contribution in [2.24, 2.45) is 0 Å². The summed E-state index contributed by atoms with van der Waals surface area (Å²) >= 11 is 6.13. The maximum absolute atomic E-state index is 12.2. The molecule has 3 rings (SSSR count). The van der Waals surface area contributed by atoms with Gasteiger partial charge in [0.2, 0.25) is 0 Å². The minimum Gasteiger partial charge on any atom is -0.486 e. The molecule has 0 aliphatic carbocycles. The van der Waals surface area contributed by atoms with E-state index in [1.165, 1.54) is 0 Å². The molecule has 2 aliphatic rings. The van der Waals surface area contributed by atoms with E-state index in [2.05, 4.69) is 5.32 Å². The van der Waals surface area contributed by atoms with Crippen molar-refractivity contribution in [3.63, 3.8) is 0 Å². The Labute approximate surface area is 153 Å². The fourth-order valence-electron chi connectivity index (χ4n) is 2.65. The summed E-state index contributed by atoms with van der Waals surface area (Å²) in [5.41, 5.74) is 0.644. The number of nitrogens with one attached hydrogen (secondary N) is 1. The molecular weight excluding hydrogens is 368 g/mol. The molecule has 0 spiro atoms. The lowest BCUT2D eigenvalue weighted by atomic mass is 10.2. The van der Waals surface area contributed by atoms with Crippen LogP contribution in [0.1, 0.15) is 5.56 Å². The Hall–Kier alpha value is -2.52. The van der Waals surface area contributed by atoms with Gasteiger partial charge in [0.1, 0.15) is 13.2 Å². The highest BCUT2D eigenvalue weighted by Gasteiger charge is 2.31. The molecule has 0 aromatic heterocycles. The van der Waals surface area contributed by atoms with E-state index in [1.54, 1.807) is 12.1 Å². The standard InChI is InChI=1S/C16H17ClN2O7/c17-10-5-9(6-11-13(10)26-4-3-25-11)7-18-14(20)15(21)19-1-2-24-12(8-19)16(22)23/h5-6,12H,1-4,7-8H2,(H,18,20)(H,22,23). The van der Waals surface area contributed by atoms with Crippen molar-refractivity contribution in [3.05, 3.63) is 22.7 Å². The third-order valence-corrected chi connectivity index (χ3v) is 4.21. The Morgan fingerprint density at radius 2 is 2.00 bits per heavy atom. The number of morpholine rings is 1. The van der Waals surface area contributed by atoms with E-state index < -0.39 is 23.9 Å². The van der Waals surface area contributed by atoms with E-state index in [1.807, 2.05) is 0 Å². The smallest absolute Gasteiger partial charge is 0.334 e. The largest absolute Gasteiger partial charge is 0.486 e. The molecule has 1 unspecified atom stereocenters. The molecule has 1 atom stereocenters. The minimum atomic E-state index is -1.17. The predicted molar refractivity (Wildman–Crippen MR) is 88.2 cm³/mol. The first-order valence-corrected chi connectivity index (χ1v) is 8.33. The van der Waals surface area contributed by atoms with Gasteiger partial charge in [0.05, 0.1) is 18.2 Å². The van der Waals surface area contributed by atoms with Crippen molar-refractivity contribution in [1.82, 2.24) is 10.2 Å². The maximum atomic E-state index is 12.2. The van der Waals surface area contributed by atoms with Crippen LogP contribution in [0.2, 0.25) is 5.02 Å². The summed E-state index contributed by atoms with van der Waals surface area (Å²) in [6.07, 6.45) is -1.13. The highest BCUT2D eigenvalue weighted by Crippen LogP contribution is 2.38. The van der Waals surface area contributed by atoms with Crippen molar-refractivity contribution in [3.8, 4) is 11.5 Å². The van der Waals surface area contributed by atoms with Crippen molar-refractivity contribution in [1.29, 1.82) is 0 Å². The van der Waals surface area contributed by atoms with Crippen LogP contribution in [0.15, 0.2) is 12.1 Å². The van der Waals surface area contributed by atoms with Crippen molar-refractivity contribution < 1.29 is 33.7 Å². The van der Waals surface area contributed by atoms with Crippen LogP contribution in [-0.2, 0) is 25.7 Å². The summed E-state index contributed by atoms with van der Waals surface area (Å²) in [6.45, 7) is 0.929. The van der Waals surface area contributed by atoms with Crippen LogP contribution < -0.4 is 14.8 Å². The van der Waals surface area contributed by atoms with Crippen LogP contribution in [0.3, 0.4) is 0 Å². The fraction of sp³-hybridized carbons (Fsp3) is 0.438. The second-order valence-electron chi connectivity index (χ2n) is 5.73. The summed E-state index contributed by atoms with van der Waals surface area (Å²) in [6, 6.07) is 3.30. The van der Waals surface area contributed by atoms with Gasteiger partial charge in [-0.25, -0.2) is 4.79 Å². The molecule has 1 aromatic rings. The molecule has 2 heterocycles. The highest BCUT2D eigenvalue weighted by atomic mass is 35.5. The Bertz CT molecular complexity index is 740. The minimum absolute atomic E-state index is 0.0631. The van der Waals surface area contributed by atoms with Gasteiger partial charge >= 0.3 is 17.8 Å². The molecule has 1 aromatic carbocycles. The molecule has 2 N–H and O–H groups in total. The number of carboxylic acid groups (broad SMARTS) is 1. The van der Waals surface area contributed by atoms with E-state index in [9.17, 15) is 14.4 Å². The Morgan fingerprint density at radius 3 is 2.77 bits per heavy atom. The van der Waals surface area contributed by atoms with Gasteiger partial charge in [0, 0.05) is 13.1 Å². The quantitative estimate of drug-likeness (QED) is 0.707. The number of hydrogen-bond acceptors (Lipinski definition) is 6. The third kappa shape index (κ3) is 4.00. The number of ether oxygens (including phenoxy) is 3. The van der Waals surface area contributed by atoms with Crippen LogP contribution in [0.5, 0.6) is 11.5 Å². The molecule has 1 saturated heterocycles. The number of aliphatic carboxylic acids is 1. The van der Waals surface area contributed by atoms with Gasteiger partial charge in [-0.05, 0) is 17.7 Å². The third-order valence-electron chi connectivity index (χ3n) is 3.93. The molecule has 26 heavy (non-hydrogen) atoms. The first-order valence-electron chi connectivity index (χ1n) is 7.95. The molecule has 0 radical (unpaired) electrons. The van der Waals surface area contributed by atoms with E-state index in [-0.39, 0.29) is 26.2 Å². The topological polar surface area (TPSA) is 114 Å². The highest BCUT2D eigenvalue weighted by molar-refractivity contribution is 6.35. The number of carbonyl (C=O) groups is 3. The Morgan fingerprint density at radius 1 is 1.23 bits per heavy atom. The van der Waals surface area contributed by atoms with Gasteiger partial charge in [0.25, 0.3) is 0 Å². The summed E-state index contributed by atoms with van der Waals surface area (Å²) in [5, 5.41) is 11.8. The normalized spacial score (nSPS) is 19.0. The molecule has 140 valence electrons. The lowest BCUT2D eigenvalue weighted by molar-refractivity contribution is -0.162. The Balaban J connectivity index is 1.59. The van der Waals surface area contributed by atoms with Gasteiger partial charge < -0.3 is 29.5 Å². The maximum Gasteiger partial charge on any atom is 0.334 e. The number of hydrogen-bond donors (Lipinski definition) is 2. The average molecular weight is 385 g/mol. The summed E-state index contributed by atoms with van der Waals surface area (Å²) in [5.74, 6) is -1.87. The monoisotopic (exact) mass is 384 g/mol. The number of halogens is 1. The lowest BCUT2D eigenvalue weighted by Gasteiger charge is -2.30. The van der Waals surface area contributed by atoms with Crippen LogP contribution in [-0.4, -0.2) is 66.8 Å². The van der Waals surface area contributed by atoms with Gasteiger partial charge in [-0.3, -0.25) is 9.59 Å². The second kappa shape index (κ2) is 7.79. The van der Waals surface area contributed by atoms with Crippen molar-refractivity contribution in [2.45, 2.75) is 12.6 Å². The average Bonchev–Trinajstić information content (AvgIpc) is 2.65. The fourth-order valence-corrected chi connectivity index (χ4v) is 2.94. The number of amides is 2. The number of benzene rings is 1. The number of nitrogens with zero attached hydrogens (tertiary/aromatic N) is 1. The van der Waals surface area contributed by atoms with Crippen LogP contribution in [0, 0.1) is 0 Å². The molecule has 10 heteroatoms. The van der Waals surface area contributed by atoms with Gasteiger partial charge in [0.15, 0.2) is 17.6 Å². The SMILES string of the molecule is O=C(NCc1cc(Cl)c2c(c1)OCCO2)C(=O)N1CCOC(C(=O)O)C1. The van der Waals surface area contributed by atoms with E-state index >= 15 is 0 Å². The molecule has 9 nitrogen and oxygen atoms in total. The van der Waals surface area contributed by atoms with Gasteiger partial charge in [-0.15, -0.1) is 0 Å². The van der Waals surface area contributed by atoms with E-state index in [0.29, 0.717) is 35.3 Å². The van der Waals surface area contributed by atoms with E-state index in [0.717, 1.165) is 4.90 Å². The first-order chi connectivity index (χ1) is 12.5. The van der Waals surface area contributed by atoms with Crippen LogP contribution in [0.4, 0.5) is 0 Å². The molecule has 1 fully saturated rings. The number of carbonyl (C=O) groups excluding carboxylic acids is 2. The molecule has 2 aliphatic heterocycles. The molecule has 0 saturated carbocycles. The zero-order valence-electron chi connectivity index (χ0n) is 13.7. The van der Waals surface area contributed by atoms with E-state index in [4.69, 9.17) is 30.9 Å². The zero-order valence-corrected chi connectivity index (χ0v) is 14.5. The summed E-state index contributed by atoms with van der Waals surface area (Å²) in [7, 11) is 0. The number of carboxylic acids is 1. The zero-order chi connectivity index (χ0) is 18.7. The van der Waals surface area contributed by atoms with Crippen molar-refractivity contribution in [2.75, 3.05) is 32.9 Å². The first kappa shape index (κ1) is 18.3. The number of fused-ring (bicyclic) bond motifs is 1. The predicted octanol–water partition coefficient (Wildman–Crippen LogP) is 0.0394. The van der Waals surface area contributed by atoms with Gasteiger partial charge in [-0.2, -0.15) is 0 Å².